The van der Waals surface area contributed by atoms with Gasteiger partial charge in [-0.3, -0.25) is 9.69 Å². The van der Waals surface area contributed by atoms with Crippen molar-refractivity contribution in [2.75, 3.05) is 19.7 Å². The molecule has 3 aromatic rings. The number of para-hydroxylation sites is 2. The minimum Gasteiger partial charge on any atom is -0.493 e. The second kappa shape index (κ2) is 8.15. The minimum absolute atomic E-state index is 0.0359. The highest BCUT2D eigenvalue weighted by Gasteiger charge is 2.30. The number of amides is 1. The molecule has 30 heavy (non-hydrogen) atoms. The topological polar surface area (TPSA) is 57.4 Å². The van der Waals surface area contributed by atoms with Gasteiger partial charge in [0.2, 0.25) is 5.91 Å². The van der Waals surface area contributed by atoms with Gasteiger partial charge in [-0.05, 0) is 56.4 Å². The molecule has 0 aliphatic carbocycles. The third-order valence-electron chi connectivity index (χ3n) is 6.72. The summed E-state index contributed by atoms with van der Waals surface area (Å²) in [4.78, 5) is 18.9. The lowest BCUT2D eigenvalue weighted by Gasteiger charge is -2.36. The molecule has 2 atom stereocenters. The Labute approximate surface area is 177 Å². The highest BCUT2D eigenvalue weighted by Crippen LogP contribution is 2.33. The van der Waals surface area contributed by atoms with Crippen LogP contribution in [0.5, 0.6) is 5.75 Å². The van der Waals surface area contributed by atoms with Crippen molar-refractivity contribution in [3.05, 3.63) is 65.9 Å². The maximum absolute atomic E-state index is 13.0. The Kier molecular flexibility index (Phi) is 5.21. The van der Waals surface area contributed by atoms with Gasteiger partial charge < -0.3 is 15.0 Å². The van der Waals surface area contributed by atoms with E-state index in [-0.39, 0.29) is 18.0 Å². The zero-order valence-corrected chi connectivity index (χ0v) is 17.4. The fourth-order valence-electron chi connectivity index (χ4n) is 4.86. The fourth-order valence-corrected chi connectivity index (χ4v) is 4.86. The van der Waals surface area contributed by atoms with E-state index in [0.29, 0.717) is 12.5 Å². The molecule has 2 aliphatic rings. The summed E-state index contributed by atoms with van der Waals surface area (Å²) in [5, 5.41) is 4.54. The first-order valence-corrected chi connectivity index (χ1v) is 11.0. The Morgan fingerprint density at radius 1 is 1.10 bits per heavy atom. The first-order valence-electron chi connectivity index (χ1n) is 11.0. The number of benzene rings is 2. The summed E-state index contributed by atoms with van der Waals surface area (Å²) >= 11 is 0. The Bertz CT molecular complexity index is 1000. The number of carbonyl (C=O) groups is 1. The normalized spacial score (nSPS) is 21.0. The van der Waals surface area contributed by atoms with E-state index in [4.69, 9.17) is 4.74 Å². The summed E-state index contributed by atoms with van der Waals surface area (Å²) in [6.45, 7) is 4.56. The molecule has 5 nitrogen and oxygen atoms in total. The lowest BCUT2D eigenvalue weighted by molar-refractivity contribution is -0.127. The molecule has 0 radical (unpaired) electrons. The molecule has 0 spiro atoms. The van der Waals surface area contributed by atoms with E-state index < -0.39 is 0 Å². The average Bonchev–Trinajstić information content (AvgIpc) is 3.23. The van der Waals surface area contributed by atoms with E-state index in [2.05, 4.69) is 51.6 Å². The number of fused-ring (bicyclic) bond motifs is 2. The van der Waals surface area contributed by atoms with Crippen molar-refractivity contribution in [1.82, 2.24) is 15.2 Å². The van der Waals surface area contributed by atoms with Gasteiger partial charge >= 0.3 is 0 Å². The number of nitrogens with zero attached hydrogens (tertiary/aromatic N) is 1. The molecule has 3 heterocycles. The van der Waals surface area contributed by atoms with Crippen molar-refractivity contribution >= 4 is 16.8 Å². The molecule has 1 aromatic heterocycles. The number of aromatic amines is 1. The number of rotatable bonds is 4. The van der Waals surface area contributed by atoms with Crippen LogP contribution in [0.1, 0.15) is 49.4 Å². The Morgan fingerprint density at radius 3 is 2.70 bits per heavy atom. The second-order valence-electron chi connectivity index (χ2n) is 8.53. The van der Waals surface area contributed by atoms with Gasteiger partial charge in [-0.1, -0.05) is 36.4 Å². The maximum atomic E-state index is 13.0. The third-order valence-corrected chi connectivity index (χ3v) is 6.72. The van der Waals surface area contributed by atoms with Crippen LogP contribution < -0.4 is 10.1 Å². The molecule has 0 saturated carbocycles. The van der Waals surface area contributed by atoms with E-state index in [1.54, 1.807) is 0 Å². The molecule has 1 amide bonds. The quantitative estimate of drug-likeness (QED) is 0.680. The number of carbonyl (C=O) groups excluding carboxylic acids is 1. The van der Waals surface area contributed by atoms with Crippen molar-refractivity contribution in [3.63, 3.8) is 0 Å². The van der Waals surface area contributed by atoms with Crippen molar-refractivity contribution in [3.8, 4) is 5.75 Å². The molecular weight excluding hydrogens is 374 g/mol. The SMILES string of the molecule is C[C@H](C(=O)N[C@H]1CCOc2ccccc21)N1CCC(c2cc3ccccc3[nH]2)CC1. The minimum atomic E-state index is -0.122. The molecule has 156 valence electrons. The van der Waals surface area contributed by atoms with Crippen LogP contribution in [0.2, 0.25) is 0 Å². The zero-order chi connectivity index (χ0) is 20.5. The average molecular weight is 404 g/mol. The first kappa shape index (κ1) is 19.2. The van der Waals surface area contributed by atoms with Gasteiger partial charge in [-0.2, -0.15) is 0 Å². The first-order chi connectivity index (χ1) is 14.7. The fraction of sp³-hybridized carbons (Fsp3) is 0.400. The van der Waals surface area contributed by atoms with E-state index >= 15 is 0 Å². The lowest BCUT2D eigenvalue weighted by Crippen LogP contribution is -2.49. The van der Waals surface area contributed by atoms with Gasteiger partial charge in [-0.25, -0.2) is 0 Å². The number of ether oxygens (including phenoxy) is 1. The van der Waals surface area contributed by atoms with Crippen LogP contribution in [0.4, 0.5) is 0 Å². The molecule has 0 unspecified atom stereocenters. The van der Waals surface area contributed by atoms with E-state index in [0.717, 1.165) is 43.7 Å². The standard InChI is InChI=1S/C25H29N3O2/c1-17(25(29)27-22-12-15-30-24-9-5-3-7-20(22)24)28-13-10-18(11-14-28)23-16-19-6-2-4-8-21(19)26-23/h2-9,16-18,22,26H,10-15H2,1H3,(H,27,29)/t17-,22+/m1/s1. The largest absolute Gasteiger partial charge is 0.493 e. The molecular formula is C25H29N3O2. The van der Waals surface area contributed by atoms with Crippen LogP contribution in [-0.2, 0) is 4.79 Å². The predicted octanol–water partition coefficient (Wildman–Crippen LogP) is 4.38. The molecule has 2 aliphatic heterocycles. The van der Waals surface area contributed by atoms with Crippen molar-refractivity contribution in [2.45, 2.75) is 44.2 Å². The number of hydrogen-bond acceptors (Lipinski definition) is 3. The molecule has 2 N–H and O–H groups in total. The third kappa shape index (κ3) is 3.70. The Morgan fingerprint density at radius 2 is 1.87 bits per heavy atom. The van der Waals surface area contributed by atoms with Gasteiger partial charge in [0.25, 0.3) is 0 Å². The monoisotopic (exact) mass is 403 g/mol. The summed E-state index contributed by atoms with van der Waals surface area (Å²) in [7, 11) is 0. The summed E-state index contributed by atoms with van der Waals surface area (Å²) in [6.07, 6.45) is 2.97. The van der Waals surface area contributed by atoms with Crippen LogP contribution in [0.3, 0.4) is 0 Å². The van der Waals surface area contributed by atoms with E-state index in [1.165, 1.54) is 16.6 Å². The number of hydrogen-bond donors (Lipinski definition) is 2. The van der Waals surface area contributed by atoms with E-state index in [1.807, 2.05) is 25.1 Å². The molecule has 5 heteroatoms. The summed E-state index contributed by atoms with van der Waals surface area (Å²) in [5.41, 5.74) is 3.62. The predicted molar refractivity (Wildman–Crippen MR) is 119 cm³/mol. The van der Waals surface area contributed by atoms with Crippen molar-refractivity contribution < 1.29 is 9.53 Å². The Hall–Kier alpha value is -2.79. The maximum Gasteiger partial charge on any atom is 0.237 e. The molecule has 5 rings (SSSR count). The highest BCUT2D eigenvalue weighted by molar-refractivity contribution is 5.82. The smallest absolute Gasteiger partial charge is 0.237 e. The molecule has 2 aromatic carbocycles. The number of likely N-dealkylation sites (tertiary alicyclic amines) is 1. The second-order valence-corrected chi connectivity index (χ2v) is 8.53. The number of H-pyrrole nitrogens is 1. The van der Waals surface area contributed by atoms with E-state index in [9.17, 15) is 4.79 Å². The van der Waals surface area contributed by atoms with Gasteiger partial charge in [0.1, 0.15) is 5.75 Å². The molecule has 1 saturated heterocycles. The van der Waals surface area contributed by atoms with Crippen molar-refractivity contribution in [2.24, 2.45) is 0 Å². The molecule has 1 fully saturated rings. The summed E-state index contributed by atoms with van der Waals surface area (Å²) in [6, 6.07) is 18.7. The Balaban J connectivity index is 1.19. The van der Waals surface area contributed by atoms with Gasteiger partial charge in [-0.15, -0.1) is 0 Å². The van der Waals surface area contributed by atoms with Crippen LogP contribution in [0, 0.1) is 0 Å². The number of nitrogens with one attached hydrogen (secondary N) is 2. The van der Waals surface area contributed by atoms with Crippen LogP contribution >= 0.6 is 0 Å². The van der Waals surface area contributed by atoms with Crippen LogP contribution in [-0.4, -0.2) is 41.5 Å². The number of aromatic nitrogens is 1. The summed E-state index contributed by atoms with van der Waals surface area (Å²) in [5.74, 6) is 1.54. The molecule has 0 bridgehead atoms. The van der Waals surface area contributed by atoms with Gasteiger partial charge in [0.05, 0.1) is 18.7 Å². The van der Waals surface area contributed by atoms with Crippen LogP contribution in [0.15, 0.2) is 54.6 Å². The van der Waals surface area contributed by atoms with Crippen molar-refractivity contribution in [1.29, 1.82) is 0 Å². The lowest BCUT2D eigenvalue weighted by atomic mass is 9.92. The summed E-state index contributed by atoms with van der Waals surface area (Å²) < 4.78 is 5.72. The number of piperidine rings is 1. The highest BCUT2D eigenvalue weighted by atomic mass is 16.5. The van der Waals surface area contributed by atoms with Gasteiger partial charge in [0, 0.05) is 29.1 Å². The van der Waals surface area contributed by atoms with Gasteiger partial charge in [0.15, 0.2) is 0 Å². The zero-order valence-electron chi connectivity index (χ0n) is 17.4. The van der Waals surface area contributed by atoms with Crippen LogP contribution in [0.25, 0.3) is 10.9 Å².